The van der Waals surface area contributed by atoms with E-state index in [-0.39, 0.29) is 11.7 Å². The summed E-state index contributed by atoms with van der Waals surface area (Å²) in [4.78, 5) is 12.1. The molecule has 130 valence electrons. The first-order chi connectivity index (χ1) is 11.9. The Morgan fingerprint density at radius 3 is 2.56 bits per heavy atom. The van der Waals surface area contributed by atoms with Crippen molar-refractivity contribution in [3.8, 4) is 10.6 Å². The van der Waals surface area contributed by atoms with Crippen LogP contribution in [0.15, 0.2) is 23.6 Å². The lowest BCUT2D eigenvalue weighted by atomic mass is 10.0. The molecule has 7 nitrogen and oxygen atoms in total. The molecule has 0 fully saturated rings. The van der Waals surface area contributed by atoms with Crippen LogP contribution in [0.5, 0.6) is 0 Å². The lowest BCUT2D eigenvalue weighted by Crippen LogP contribution is -2.14. The van der Waals surface area contributed by atoms with Crippen molar-refractivity contribution in [2.24, 2.45) is 7.05 Å². The Labute approximate surface area is 153 Å². The molecular formula is C16H18N6OS2. The lowest BCUT2D eigenvalue weighted by molar-refractivity contribution is -0.113. The van der Waals surface area contributed by atoms with Gasteiger partial charge in [0.2, 0.25) is 11.0 Å². The van der Waals surface area contributed by atoms with Crippen LogP contribution in [0.2, 0.25) is 0 Å². The van der Waals surface area contributed by atoms with Gasteiger partial charge in [-0.2, -0.15) is 0 Å². The Kier molecular flexibility index (Phi) is 5.14. The normalized spacial score (nSPS) is 10.9. The van der Waals surface area contributed by atoms with Crippen molar-refractivity contribution in [1.82, 2.24) is 25.0 Å². The average molecular weight is 374 g/mol. The molecule has 9 heteroatoms. The highest BCUT2D eigenvalue weighted by atomic mass is 32.2. The molecule has 2 heterocycles. The highest BCUT2D eigenvalue weighted by molar-refractivity contribution is 7.99. The molecule has 0 aliphatic rings. The summed E-state index contributed by atoms with van der Waals surface area (Å²) >= 11 is 2.70. The molecule has 0 atom stereocenters. The molecule has 0 saturated heterocycles. The van der Waals surface area contributed by atoms with Crippen molar-refractivity contribution >= 4 is 34.1 Å². The van der Waals surface area contributed by atoms with E-state index in [1.54, 1.807) is 10.9 Å². The van der Waals surface area contributed by atoms with Crippen LogP contribution in [0.25, 0.3) is 10.6 Å². The number of hydrogen-bond acceptors (Lipinski definition) is 7. The van der Waals surface area contributed by atoms with Crippen molar-refractivity contribution < 1.29 is 4.79 Å². The largest absolute Gasteiger partial charge is 0.312 e. The number of hydrogen-bond donors (Lipinski definition) is 1. The van der Waals surface area contributed by atoms with Gasteiger partial charge in [0.05, 0.1) is 5.75 Å². The molecule has 0 bridgehead atoms. The van der Waals surface area contributed by atoms with Gasteiger partial charge in [-0.25, -0.2) is 0 Å². The lowest BCUT2D eigenvalue weighted by Gasteiger charge is -2.07. The van der Waals surface area contributed by atoms with Gasteiger partial charge in [0, 0.05) is 12.6 Å². The Balaban J connectivity index is 1.68. The monoisotopic (exact) mass is 374 g/mol. The Hall–Kier alpha value is -2.26. The summed E-state index contributed by atoms with van der Waals surface area (Å²) in [5, 5.41) is 20.8. The molecule has 3 rings (SSSR count). The summed E-state index contributed by atoms with van der Waals surface area (Å²) in [6.45, 7) is 6.20. The second-order valence-electron chi connectivity index (χ2n) is 5.75. The first-order valence-electron chi connectivity index (χ1n) is 7.62. The van der Waals surface area contributed by atoms with E-state index < -0.39 is 0 Å². The number of amides is 1. The van der Waals surface area contributed by atoms with E-state index in [0.717, 1.165) is 21.7 Å². The number of carbonyl (C=O) groups is 1. The van der Waals surface area contributed by atoms with Crippen molar-refractivity contribution in [2.45, 2.75) is 25.9 Å². The smallest absolute Gasteiger partial charge is 0.236 e. The minimum atomic E-state index is -0.145. The molecule has 1 N–H and O–H groups in total. The predicted octanol–water partition coefficient (Wildman–Crippen LogP) is 2.99. The summed E-state index contributed by atoms with van der Waals surface area (Å²) in [6.07, 6.45) is 1.60. The fourth-order valence-corrected chi connectivity index (χ4v) is 4.20. The van der Waals surface area contributed by atoms with Gasteiger partial charge in [-0.05, 0) is 31.9 Å². The SMILES string of the molecule is Cc1cc(C)c(-c2nnc(NC(=O)CSc3nncn3C)s2)c(C)c1. The third kappa shape index (κ3) is 4.05. The molecule has 3 aromatic rings. The topological polar surface area (TPSA) is 85.6 Å². The van der Waals surface area contributed by atoms with Gasteiger partial charge in [-0.15, -0.1) is 20.4 Å². The van der Waals surface area contributed by atoms with Gasteiger partial charge < -0.3 is 4.57 Å². The number of aromatic nitrogens is 5. The maximum Gasteiger partial charge on any atom is 0.236 e. The number of nitrogens with zero attached hydrogens (tertiary/aromatic N) is 5. The predicted molar refractivity (Wildman–Crippen MR) is 99.9 cm³/mol. The maximum absolute atomic E-state index is 12.1. The minimum absolute atomic E-state index is 0.145. The van der Waals surface area contributed by atoms with Crippen LogP contribution in [-0.4, -0.2) is 36.6 Å². The molecule has 0 saturated carbocycles. The van der Waals surface area contributed by atoms with E-state index in [4.69, 9.17) is 0 Å². The van der Waals surface area contributed by atoms with E-state index in [1.165, 1.54) is 28.7 Å². The molecule has 25 heavy (non-hydrogen) atoms. The number of thioether (sulfide) groups is 1. The number of benzene rings is 1. The van der Waals surface area contributed by atoms with Crippen LogP contribution in [0.4, 0.5) is 5.13 Å². The van der Waals surface area contributed by atoms with Gasteiger partial charge in [0.15, 0.2) is 5.16 Å². The summed E-state index contributed by atoms with van der Waals surface area (Å²) in [5.41, 5.74) is 4.61. The van der Waals surface area contributed by atoms with Gasteiger partial charge in [-0.3, -0.25) is 10.1 Å². The maximum atomic E-state index is 12.1. The summed E-state index contributed by atoms with van der Waals surface area (Å²) in [5.74, 6) is 0.0948. The molecule has 1 amide bonds. The Morgan fingerprint density at radius 2 is 1.92 bits per heavy atom. The molecule has 0 spiro atoms. The summed E-state index contributed by atoms with van der Waals surface area (Å²) in [7, 11) is 1.84. The van der Waals surface area contributed by atoms with E-state index in [0.29, 0.717) is 10.3 Å². The standard InChI is InChI=1S/C16H18N6OS2/c1-9-5-10(2)13(11(3)6-9)14-19-20-15(25-14)18-12(23)7-24-16-21-17-8-22(16)4/h5-6,8H,7H2,1-4H3,(H,18,20,23). The fourth-order valence-electron chi connectivity index (χ4n) is 2.58. The number of aryl methyl sites for hydroxylation is 4. The van der Waals surface area contributed by atoms with Crippen LogP contribution in [-0.2, 0) is 11.8 Å². The molecule has 0 radical (unpaired) electrons. The first-order valence-corrected chi connectivity index (χ1v) is 9.42. The fraction of sp³-hybridized carbons (Fsp3) is 0.312. The Bertz CT molecular complexity index is 894. The zero-order valence-electron chi connectivity index (χ0n) is 14.4. The number of anilines is 1. The van der Waals surface area contributed by atoms with Gasteiger partial charge >= 0.3 is 0 Å². The number of carbonyl (C=O) groups excluding carboxylic acids is 1. The van der Waals surface area contributed by atoms with Crippen LogP contribution in [0.3, 0.4) is 0 Å². The second kappa shape index (κ2) is 7.32. The molecule has 2 aromatic heterocycles. The summed E-state index contributed by atoms with van der Waals surface area (Å²) < 4.78 is 1.77. The minimum Gasteiger partial charge on any atom is -0.312 e. The zero-order chi connectivity index (χ0) is 18.0. The van der Waals surface area contributed by atoms with Crippen molar-refractivity contribution in [3.63, 3.8) is 0 Å². The second-order valence-corrected chi connectivity index (χ2v) is 7.67. The van der Waals surface area contributed by atoms with Crippen molar-refractivity contribution in [1.29, 1.82) is 0 Å². The number of rotatable bonds is 5. The molecule has 1 aromatic carbocycles. The van der Waals surface area contributed by atoms with Crippen LogP contribution < -0.4 is 5.32 Å². The average Bonchev–Trinajstić information content (AvgIpc) is 3.13. The highest BCUT2D eigenvalue weighted by Crippen LogP contribution is 2.32. The zero-order valence-corrected chi connectivity index (χ0v) is 16.0. The van der Waals surface area contributed by atoms with Crippen LogP contribution in [0.1, 0.15) is 16.7 Å². The number of nitrogens with one attached hydrogen (secondary N) is 1. The summed E-state index contributed by atoms with van der Waals surface area (Å²) in [6, 6.07) is 4.25. The third-order valence-electron chi connectivity index (χ3n) is 3.56. The molecule has 0 unspecified atom stereocenters. The molecular weight excluding hydrogens is 356 g/mol. The van der Waals surface area contributed by atoms with E-state index in [9.17, 15) is 4.79 Å². The van der Waals surface area contributed by atoms with Gasteiger partial charge in [-0.1, -0.05) is 40.8 Å². The van der Waals surface area contributed by atoms with E-state index in [2.05, 4.69) is 58.6 Å². The molecule has 0 aliphatic heterocycles. The quantitative estimate of drug-likeness (QED) is 0.691. The third-order valence-corrected chi connectivity index (χ3v) is 5.46. The van der Waals surface area contributed by atoms with Crippen molar-refractivity contribution in [3.05, 3.63) is 35.2 Å². The Morgan fingerprint density at radius 1 is 1.20 bits per heavy atom. The van der Waals surface area contributed by atoms with Crippen LogP contribution >= 0.6 is 23.1 Å². The highest BCUT2D eigenvalue weighted by Gasteiger charge is 2.14. The first kappa shape index (κ1) is 17.6. The van der Waals surface area contributed by atoms with E-state index in [1.807, 2.05) is 7.05 Å². The van der Waals surface area contributed by atoms with Crippen molar-refractivity contribution in [2.75, 3.05) is 11.1 Å². The van der Waals surface area contributed by atoms with Crippen LogP contribution in [0, 0.1) is 20.8 Å². The molecule has 0 aliphatic carbocycles. The van der Waals surface area contributed by atoms with Gasteiger partial charge in [0.25, 0.3) is 0 Å². The van der Waals surface area contributed by atoms with Gasteiger partial charge in [0.1, 0.15) is 11.3 Å². The van der Waals surface area contributed by atoms with E-state index >= 15 is 0 Å².